The third kappa shape index (κ3) is 3.12. The van der Waals surface area contributed by atoms with Crippen LogP contribution in [0.1, 0.15) is 31.7 Å². The molecule has 16 heavy (non-hydrogen) atoms. The zero-order chi connectivity index (χ0) is 12.1. The molecule has 0 radical (unpaired) electrons. The van der Waals surface area contributed by atoms with Gasteiger partial charge in [0.1, 0.15) is 5.75 Å². The van der Waals surface area contributed by atoms with Crippen molar-refractivity contribution in [3.63, 3.8) is 0 Å². The summed E-state index contributed by atoms with van der Waals surface area (Å²) >= 11 is 0. The van der Waals surface area contributed by atoms with Gasteiger partial charge in [-0.05, 0) is 24.1 Å². The number of hydrogen-bond donors (Lipinski definition) is 2. The summed E-state index contributed by atoms with van der Waals surface area (Å²) in [7, 11) is 0. The number of allylic oxidation sites excluding steroid dienone is 1. The van der Waals surface area contributed by atoms with Gasteiger partial charge in [0.25, 0.3) is 0 Å². The van der Waals surface area contributed by atoms with Gasteiger partial charge in [-0.2, -0.15) is 0 Å². The largest absolute Gasteiger partial charge is 0.508 e. The molecule has 1 aromatic rings. The number of phenols is 1. The second-order valence-corrected chi connectivity index (χ2v) is 3.72. The molecule has 0 saturated carbocycles. The first kappa shape index (κ1) is 12.3. The molecule has 3 nitrogen and oxygen atoms in total. The van der Waals surface area contributed by atoms with Gasteiger partial charge in [0.2, 0.25) is 0 Å². The summed E-state index contributed by atoms with van der Waals surface area (Å²) in [5.74, 6) is -0.639. The Morgan fingerprint density at radius 2 is 1.94 bits per heavy atom. The Morgan fingerprint density at radius 1 is 1.38 bits per heavy atom. The zero-order valence-corrected chi connectivity index (χ0v) is 9.47. The van der Waals surface area contributed by atoms with Crippen LogP contribution < -0.4 is 0 Å². The van der Waals surface area contributed by atoms with Gasteiger partial charge < -0.3 is 10.2 Å². The van der Waals surface area contributed by atoms with Gasteiger partial charge in [-0.25, -0.2) is 4.79 Å². The van der Waals surface area contributed by atoms with E-state index in [4.69, 9.17) is 5.11 Å². The van der Waals surface area contributed by atoms with E-state index in [2.05, 4.69) is 0 Å². The van der Waals surface area contributed by atoms with Gasteiger partial charge in [0.05, 0.1) is 0 Å². The molecule has 0 heterocycles. The first-order chi connectivity index (χ1) is 7.54. The number of rotatable bonds is 4. The van der Waals surface area contributed by atoms with Crippen molar-refractivity contribution in [1.82, 2.24) is 0 Å². The smallest absolute Gasteiger partial charge is 0.328 e. The number of carboxylic acid groups (broad SMARTS) is 1. The molecule has 1 atom stereocenters. The van der Waals surface area contributed by atoms with Gasteiger partial charge >= 0.3 is 5.97 Å². The highest BCUT2D eigenvalue weighted by Crippen LogP contribution is 2.27. The summed E-state index contributed by atoms with van der Waals surface area (Å²) in [5, 5.41) is 17.9. The third-order valence-electron chi connectivity index (χ3n) is 2.67. The maximum absolute atomic E-state index is 10.6. The maximum Gasteiger partial charge on any atom is 0.328 e. The Balaban J connectivity index is 2.95. The number of hydrogen-bond acceptors (Lipinski definition) is 2. The lowest BCUT2D eigenvalue weighted by molar-refractivity contribution is -0.131. The van der Waals surface area contributed by atoms with E-state index < -0.39 is 5.97 Å². The molecule has 0 aliphatic carbocycles. The lowest BCUT2D eigenvalue weighted by Gasteiger charge is -2.14. The fraction of sp³-hybridized carbons (Fsp3) is 0.308. The number of carbonyl (C=O) groups is 1. The zero-order valence-electron chi connectivity index (χ0n) is 9.47. The summed E-state index contributed by atoms with van der Waals surface area (Å²) in [4.78, 5) is 10.6. The molecule has 0 saturated heterocycles. The third-order valence-corrected chi connectivity index (χ3v) is 2.67. The lowest BCUT2D eigenvalue weighted by atomic mass is 9.91. The van der Waals surface area contributed by atoms with Crippen LogP contribution in [0, 0.1) is 0 Å². The van der Waals surface area contributed by atoms with Crippen LogP contribution in [-0.2, 0) is 4.79 Å². The minimum atomic E-state index is -0.914. The van der Waals surface area contributed by atoms with E-state index in [9.17, 15) is 9.90 Å². The quantitative estimate of drug-likeness (QED) is 0.767. The molecule has 0 aromatic heterocycles. The van der Waals surface area contributed by atoms with E-state index in [1.807, 2.05) is 26.0 Å². The monoisotopic (exact) mass is 220 g/mol. The molecule has 1 unspecified atom stereocenters. The van der Waals surface area contributed by atoms with E-state index in [-0.39, 0.29) is 11.7 Å². The maximum atomic E-state index is 10.6. The first-order valence-electron chi connectivity index (χ1n) is 5.27. The molecule has 0 amide bonds. The van der Waals surface area contributed by atoms with Crippen LogP contribution >= 0.6 is 0 Å². The highest BCUT2D eigenvalue weighted by atomic mass is 16.4. The number of carboxylic acids is 1. The van der Waals surface area contributed by atoms with Crippen LogP contribution in [0.4, 0.5) is 0 Å². The molecule has 3 heteroatoms. The summed E-state index contributed by atoms with van der Waals surface area (Å²) in [5.41, 5.74) is 1.88. The standard InChI is InChI=1S/C13H16O3/c1-3-10(8-13(15)16)9(2)11-4-6-12(14)7-5-11/h4-9,14H,3H2,1-2H3,(H,15,16)/b10-8+. The second kappa shape index (κ2) is 5.35. The average molecular weight is 220 g/mol. The van der Waals surface area contributed by atoms with Gasteiger partial charge in [-0.15, -0.1) is 0 Å². The van der Waals surface area contributed by atoms with Crippen molar-refractivity contribution in [2.75, 3.05) is 0 Å². The predicted molar refractivity (Wildman–Crippen MR) is 62.5 cm³/mol. The lowest BCUT2D eigenvalue weighted by Crippen LogP contribution is -2.01. The molecule has 0 bridgehead atoms. The van der Waals surface area contributed by atoms with Crippen LogP contribution in [0.25, 0.3) is 0 Å². The van der Waals surface area contributed by atoms with Gasteiger partial charge in [-0.1, -0.05) is 31.6 Å². The molecule has 0 fully saturated rings. The van der Waals surface area contributed by atoms with Gasteiger partial charge in [-0.3, -0.25) is 0 Å². The topological polar surface area (TPSA) is 57.5 Å². The van der Waals surface area contributed by atoms with Crippen LogP contribution in [-0.4, -0.2) is 16.2 Å². The highest BCUT2D eigenvalue weighted by molar-refractivity contribution is 5.81. The van der Waals surface area contributed by atoms with Crippen molar-refractivity contribution in [3.8, 4) is 5.75 Å². The van der Waals surface area contributed by atoms with Crippen molar-refractivity contribution in [2.24, 2.45) is 0 Å². The molecule has 0 spiro atoms. The molecule has 1 aromatic carbocycles. The number of aliphatic carboxylic acids is 1. The van der Waals surface area contributed by atoms with Crippen molar-refractivity contribution in [2.45, 2.75) is 26.2 Å². The fourth-order valence-electron chi connectivity index (χ4n) is 1.67. The van der Waals surface area contributed by atoms with E-state index in [1.54, 1.807) is 12.1 Å². The van der Waals surface area contributed by atoms with Gasteiger partial charge in [0.15, 0.2) is 0 Å². The number of aromatic hydroxyl groups is 1. The van der Waals surface area contributed by atoms with Crippen LogP contribution in [0.15, 0.2) is 35.9 Å². The van der Waals surface area contributed by atoms with E-state index >= 15 is 0 Å². The van der Waals surface area contributed by atoms with Crippen molar-refractivity contribution in [3.05, 3.63) is 41.5 Å². The van der Waals surface area contributed by atoms with E-state index in [0.29, 0.717) is 6.42 Å². The van der Waals surface area contributed by atoms with Crippen molar-refractivity contribution in [1.29, 1.82) is 0 Å². The summed E-state index contributed by atoms with van der Waals surface area (Å²) < 4.78 is 0. The Morgan fingerprint density at radius 3 is 2.38 bits per heavy atom. The Bertz CT molecular complexity index is 390. The Hall–Kier alpha value is -1.77. The van der Waals surface area contributed by atoms with Crippen molar-refractivity contribution >= 4 is 5.97 Å². The molecule has 0 aliphatic rings. The number of benzene rings is 1. The predicted octanol–water partition coefficient (Wildman–Crippen LogP) is 2.92. The van der Waals surface area contributed by atoms with Crippen molar-refractivity contribution < 1.29 is 15.0 Å². The average Bonchev–Trinajstić information content (AvgIpc) is 2.25. The first-order valence-corrected chi connectivity index (χ1v) is 5.27. The number of phenolic OH excluding ortho intramolecular Hbond substituents is 1. The summed E-state index contributed by atoms with van der Waals surface area (Å²) in [6.45, 7) is 3.90. The second-order valence-electron chi connectivity index (χ2n) is 3.72. The van der Waals surface area contributed by atoms with Crippen LogP contribution in [0.2, 0.25) is 0 Å². The van der Waals surface area contributed by atoms with Gasteiger partial charge in [0, 0.05) is 12.0 Å². The van der Waals surface area contributed by atoms with Crippen LogP contribution in [0.3, 0.4) is 0 Å². The van der Waals surface area contributed by atoms with E-state index in [0.717, 1.165) is 11.1 Å². The fourth-order valence-corrected chi connectivity index (χ4v) is 1.67. The molecule has 2 N–H and O–H groups in total. The molecular weight excluding hydrogens is 204 g/mol. The highest BCUT2D eigenvalue weighted by Gasteiger charge is 2.11. The Labute approximate surface area is 95.0 Å². The molecule has 86 valence electrons. The summed E-state index contributed by atoms with van der Waals surface area (Å²) in [6, 6.07) is 6.84. The van der Waals surface area contributed by atoms with Crippen LogP contribution in [0.5, 0.6) is 5.75 Å². The normalized spacial score (nSPS) is 13.5. The molecule has 0 aliphatic heterocycles. The minimum Gasteiger partial charge on any atom is -0.508 e. The summed E-state index contributed by atoms with van der Waals surface area (Å²) in [6.07, 6.45) is 1.96. The Kier molecular flexibility index (Phi) is 4.11. The molecular formula is C13H16O3. The van der Waals surface area contributed by atoms with E-state index in [1.165, 1.54) is 6.08 Å². The molecule has 1 rings (SSSR count). The minimum absolute atomic E-state index is 0.0571. The SMILES string of the molecule is CC/C(=C\C(=O)O)C(C)c1ccc(O)cc1.